The van der Waals surface area contributed by atoms with Crippen molar-refractivity contribution in [2.24, 2.45) is 4.99 Å². The number of nitrogens with one attached hydrogen (secondary N) is 3. The molecule has 0 aromatic heterocycles. The van der Waals surface area contributed by atoms with Gasteiger partial charge in [-0.05, 0) is 67.6 Å². The van der Waals surface area contributed by atoms with Crippen LogP contribution in [0, 0.1) is 0 Å². The van der Waals surface area contributed by atoms with Crippen LogP contribution in [0.15, 0.2) is 4.99 Å². The lowest BCUT2D eigenvalue weighted by atomic mass is 9.93. The molecule has 0 atom stereocenters. The van der Waals surface area contributed by atoms with E-state index in [0.29, 0.717) is 6.54 Å². The Morgan fingerprint density at radius 2 is 1.67 bits per heavy atom. The number of ether oxygens (including phenoxy) is 1. The number of nitrogens with zero attached hydrogens (tertiary/aromatic N) is 2. The van der Waals surface area contributed by atoms with E-state index in [1.54, 1.807) is 0 Å². The summed E-state index contributed by atoms with van der Waals surface area (Å²) >= 11 is 0. The fourth-order valence-electron chi connectivity index (χ4n) is 2.38. The van der Waals surface area contributed by atoms with E-state index in [4.69, 9.17) is 9.73 Å². The molecule has 0 heterocycles. The Bertz CT molecular complexity index is 432. The molecule has 3 N–H and O–H groups in total. The molecule has 27 heavy (non-hydrogen) atoms. The SMILES string of the molecule is CCNC(=NCC(CC)(CC)NC(=O)OC(C)(C)C)NCCCN(C)C.I. The van der Waals surface area contributed by atoms with Gasteiger partial charge >= 0.3 is 6.09 Å². The maximum Gasteiger partial charge on any atom is 0.408 e. The van der Waals surface area contributed by atoms with Gasteiger partial charge in [-0.15, -0.1) is 24.0 Å². The van der Waals surface area contributed by atoms with Crippen molar-refractivity contribution in [3.8, 4) is 0 Å². The molecule has 0 aromatic carbocycles. The normalized spacial score (nSPS) is 12.4. The summed E-state index contributed by atoms with van der Waals surface area (Å²) in [6, 6.07) is 0. The number of rotatable bonds is 10. The average Bonchev–Trinajstić information content (AvgIpc) is 2.53. The number of alkyl carbamates (subject to hydrolysis) is 1. The molecule has 0 aromatic rings. The van der Waals surface area contributed by atoms with Crippen molar-refractivity contribution in [3.63, 3.8) is 0 Å². The predicted octanol–water partition coefficient (Wildman–Crippen LogP) is 3.19. The lowest BCUT2D eigenvalue weighted by Gasteiger charge is -2.32. The first kappa shape index (κ1) is 28.4. The summed E-state index contributed by atoms with van der Waals surface area (Å²) in [5, 5.41) is 9.66. The van der Waals surface area contributed by atoms with Gasteiger partial charge < -0.3 is 25.6 Å². The second-order valence-electron chi connectivity index (χ2n) is 7.89. The van der Waals surface area contributed by atoms with Crippen molar-refractivity contribution in [2.75, 3.05) is 40.3 Å². The van der Waals surface area contributed by atoms with Gasteiger partial charge in [0.25, 0.3) is 0 Å². The van der Waals surface area contributed by atoms with Crippen LogP contribution in [-0.4, -0.2) is 68.4 Å². The van der Waals surface area contributed by atoms with Gasteiger partial charge in [-0.2, -0.15) is 0 Å². The molecule has 1 amide bonds. The molecule has 0 bridgehead atoms. The zero-order valence-electron chi connectivity index (χ0n) is 18.6. The first-order valence-electron chi connectivity index (χ1n) is 9.75. The Balaban J connectivity index is 0. The molecule has 0 saturated carbocycles. The predicted molar refractivity (Wildman–Crippen MR) is 125 cm³/mol. The lowest BCUT2D eigenvalue weighted by Crippen LogP contribution is -2.52. The van der Waals surface area contributed by atoms with Gasteiger partial charge in [-0.1, -0.05) is 13.8 Å². The van der Waals surface area contributed by atoms with Crippen LogP contribution in [0.4, 0.5) is 4.79 Å². The number of carbonyl (C=O) groups is 1. The molecule has 8 heteroatoms. The van der Waals surface area contributed by atoms with Crippen molar-refractivity contribution in [1.29, 1.82) is 0 Å². The Hall–Kier alpha value is -0.770. The van der Waals surface area contributed by atoms with E-state index in [-0.39, 0.29) is 30.1 Å². The highest BCUT2D eigenvalue weighted by atomic mass is 127. The molecule has 0 radical (unpaired) electrons. The molecular weight excluding hydrogens is 457 g/mol. The van der Waals surface area contributed by atoms with Crippen LogP contribution in [0.25, 0.3) is 0 Å². The highest BCUT2D eigenvalue weighted by molar-refractivity contribution is 14.0. The fourth-order valence-corrected chi connectivity index (χ4v) is 2.38. The largest absolute Gasteiger partial charge is 0.444 e. The minimum Gasteiger partial charge on any atom is -0.444 e. The number of aliphatic imine (C=N–C) groups is 1. The Kier molecular flexibility index (Phi) is 15.0. The zero-order valence-corrected chi connectivity index (χ0v) is 20.9. The minimum atomic E-state index is -0.510. The van der Waals surface area contributed by atoms with Crippen LogP contribution < -0.4 is 16.0 Å². The monoisotopic (exact) mass is 499 g/mol. The fraction of sp³-hybridized carbons (Fsp3) is 0.895. The van der Waals surface area contributed by atoms with Crippen molar-refractivity contribution >= 4 is 36.0 Å². The molecule has 0 unspecified atom stereocenters. The van der Waals surface area contributed by atoms with E-state index < -0.39 is 11.1 Å². The van der Waals surface area contributed by atoms with Gasteiger partial charge in [-0.25, -0.2) is 4.79 Å². The number of halogens is 1. The van der Waals surface area contributed by atoms with Crippen molar-refractivity contribution in [1.82, 2.24) is 20.9 Å². The maximum atomic E-state index is 12.2. The third-order valence-electron chi connectivity index (χ3n) is 4.08. The third kappa shape index (κ3) is 14.0. The third-order valence-corrected chi connectivity index (χ3v) is 4.08. The molecule has 0 aliphatic rings. The summed E-state index contributed by atoms with van der Waals surface area (Å²) in [5.41, 5.74) is -0.919. The van der Waals surface area contributed by atoms with Gasteiger partial charge in [0.2, 0.25) is 0 Å². The van der Waals surface area contributed by atoms with Crippen molar-refractivity contribution in [2.45, 2.75) is 71.9 Å². The first-order valence-corrected chi connectivity index (χ1v) is 9.75. The molecule has 7 nitrogen and oxygen atoms in total. The summed E-state index contributed by atoms with van der Waals surface area (Å²) in [6.45, 7) is 15.0. The van der Waals surface area contributed by atoms with Gasteiger partial charge in [0.1, 0.15) is 5.60 Å². The van der Waals surface area contributed by atoms with E-state index in [1.165, 1.54) is 0 Å². The van der Waals surface area contributed by atoms with Crippen LogP contribution in [0.2, 0.25) is 0 Å². The second-order valence-corrected chi connectivity index (χ2v) is 7.89. The Morgan fingerprint density at radius 3 is 2.11 bits per heavy atom. The minimum absolute atomic E-state index is 0. The van der Waals surface area contributed by atoms with Crippen LogP contribution in [0.1, 0.15) is 60.8 Å². The van der Waals surface area contributed by atoms with Crippen LogP contribution in [0.5, 0.6) is 0 Å². The summed E-state index contributed by atoms with van der Waals surface area (Å²) in [5.74, 6) is 0.781. The van der Waals surface area contributed by atoms with Gasteiger partial charge in [-0.3, -0.25) is 4.99 Å². The summed E-state index contributed by atoms with van der Waals surface area (Å²) in [7, 11) is 4.14. The lowest BCUT2D eigenvalue weighted by molar-refractivity contribution is 0.0452. The van der Waals surface area contributed by atoms with E-state index in [2.05, 4.69) is 48.8 Å². The second kappa shape index (κ2) is 14.3. The van der Waals surface area contributed by atoms with Crippen molar-refractivity contribution < 1.29 is 9.53 Å². The molecule has 0 spiro atoms. The average molecular weight is 499 g/mol. The van der Waals surface area contributed by atoms with Crippen LogP contribution in [-0.2, 0) is 4.74 Å². The number of amides is 1. The molecule has 0 fully saturated rings. The van der Waals surface area contributed by atoms with Gasteiger partial charge in [0.05, 0.1) is 12.1 Å². The first-order chi connectivity index (χ1) is 12.1. The zero-order chi connectivity index (χ0) is 20.2. The number of guanidine groups is 1. The van der Waals surface area contributed by atoms with E-state index >= 15 is 0 Å². The molecule has 0 rings (SSSR count). The molecule has 0 aliphatic heterocycles. The molecule has 162 valence electrons. The number of hydrogen-bond donors (Lipinski definition) is 3. The molecular formula is C19H42IN5O2. The standard InChI is InChI=1S/C19H41N5O2.HI/c1-9-19(10-2,23-17(25)26-18(4,5)6)15-22-16(20-11-3)21-13-12-14-24(7)8;/h9-15H2,1-8H3,(H,23,25)(H2,20,21,22);1H. The van der Waals surface area contributed by atoms with E-state index in [0.717, 1.165) is 44.9 Å². The highest BCUT2D eigenvalue weighted by Crippen LogP contribution is 2.17. The van der Waals surface area contributed by atoms with Gasteiger partial charge in [0.15, 0.2) is 5.96 Å². The Morgan fingerprint density at radius 1 is 1.07 bits per heavy atom. The topological polar surface area (TPSA) is 78.0 Å². The highest BCUT2D eigenvalue weighted by Gasteiger charge is 2.30. The Labute approximate surface area is 183 Å². The quantitative estimate of drug-likeness (QED) is 0.186. The molecule has 0 saturated heterocycles. The molecule has 0 aliphatic carbocycles. The summed E-state index contributed by atoms with van der Waals surface area (Å²) < 4.78 is 5.42. The van der Waals surface area contributed by atoms with Crippen LogP contribution >= 0.6 is 24.0 Å². The van der Waals surface area contributed by atoms with Gasteiger partial charge in [0, 0.05) is 13.1 Å². The maximum absolute atomic E-state index is 12.2. The van der Waals surface area contributed by atoms with E-state index in [9.17, 15) is 4.79 Å². The van der Waals surface area contributed by atoms with Crippen LogP contribution in [0.3, 0.4) is 0 Å². The number of hydrogen-bond acceptors (Lipinski definition) is 4. The van der Waals surface area contributed by atoms with E-state index in [1.807, 2.05) is 27.7 Å². The smallest absolute Gasteiger partial charge is 0.408 e. The van der Waals surface area contributed by atoms with Crippen molar-refractivity contribution in [3.05, 3.63) is 0 Å². The number of carbonyl (C=O) groups excluding carboxylic acids is 1. The summed E-state index contributed by atoms with van der Waals surface area (Å²) in [6.07, 6.45) is 2.22. The summed E-state index contributed by atoms with van der Waals surface area (Å²) in [4.78, 5) is 19.1.